The molecule has 25 heavy (non-hydrogen) atoms. The largest absolute Gasteiger partial charge is 0.494 e. The molecule has 0 saturated heterocycles. The first-order chi connectivity index (χ1) is 12.2. The third-order valence-corrected chi connectivity index (χ3v) is 3.42. The molecule has 2 aromatic carbocycles. The van der Waals surface area contributed by atoms with E-state index in [-0.39, 0.29) is 11.7 Å². The van der Waals surface area contributed by atoms with Crippen LogP contribution in [0.3, 0.4) is 0 Å². The molecule has 0 aliphatic rings. The monoisotopic (exact) mass is 337 g/mol. The van der Waals surface area contributed by atoms with E-state index in [0.717, 1.165) is 5.75 Å². The van der Waals surface area contributed by atoms with Crippen LogP contribution in [0.4, 0.5) is 10.1 Å². The molecule has 6 heteroatoms. The number of aromatic nitrogens is 2. The highest BCUT2D eigenvalue weighted by Gasteiger charge is 2.09. The van der Waals surface area contributed by atoms with E-state index >= 15 is 0 Å². The molecule has 3 rings (SSSR count). The van der Waals surface area contributed by atoms with E-state index in [4.69, 9.17) is 4.74 Å². The van der Waals surface area contributed by atoms with Crippen LogP contribution < -0.4 is 10.1 Å². The Morgan fingerprint density at radius 3 is 2.48 bits per heavy atom. The van der Waals surface area contributed by atoms with Gasteiger partial charge in [-0.3, -0.25) is 4.79 Å². The number of carbonyl (C=O) groups is 1. The fourth-order valence-corrected chi connectivity index (χ4v) is 2.23. The number of hydrogen-bond donors (Lipinski definition) is 1. The van der Waals surface area contributed by atoms with Crippen LogP contribution in [0.1, 0.15) is 17.3 Å². The Balaban J connectivity index is 1.70. The van der Waals surface area contributed by atoms with Crippen molar-refractivity contribution in [2.75, 3.05) is 11.9 Å². The van der Waals surface area contributed by atoms with Crippen LogP contribution in [0.15, 0.2) is 60.9 Å². The molecule has 5 nitrogen and oxygen atoms in total. The van der Waals surface area contributed by atoms with Gasteiger partial charge in [-0.15, -0.1) is 0 Å². The number of hydrogen-bond acceptors (Lipinski definition) is 4. The van der Waals surface area contributed by atoms with Crippen molar-refractivity contribution in [1.82, 2.24) is 9.97 Å². The minimum atomic E-state index is -0.363. The fraction of sp³-hybridized carbons (Fsp3) is 0.105. The van der Waals surface area contributed by atoms with Crippen molar-refractivity contribution in [3.05, 3.63) is 72.3 Å². The summed E-state index contributed by atoms with van der Waals surface area (Å²) in [5.41, 5.74) is 1.51. The van der Waals surface area contributed by atoms with Crippen molar-refractivity contribution in [3.8, 4) is 17.1 Å². The van der Waals surface area contributed by atoms with Gasteiger partial charge in [-0.1, -0.05) is 12.1 Å². The highest BCUT2D eigenvalue weighted by atomic mass is 19.1. The predicted molar refractivity (Wildman–Crippen MR) is 93.0 cm³/mol. The van der Waals surface area contributed by atoms with E-state index in [1.165, 1.54) is 24.5 Å². The molecule has 0 atom stereocenters. The van der Waals surface area contributed by atoms with Gasteiger partial charge in [0, 0.05) is 23.6 Å². The third kappa shape index (κ3) is 4.17. The highest BCUT2D eigenvalue weighted by molar-refractivity contribution is 6.03. The number of nitrogens with one attached hydrogen (secondary N) is 1. The van der Waals surface area contributed by atoms with E-state index < -0.39 is 0 Å². The normalized spacial score (nSPS) is 10.3. The molecular formula is C19H16FN3O2. The van der Waals surface area contributed by atoms with Crippen LogP contribution in [0, 0.1) is 5.82 Å². The predicted octanol–water partition coefficient (Wildman–Crippen LogP) is 3.93. The van der Waals surface area contributed by atoms with E-state index in [9.17, 15) is 9.18 Å². The van der Waals surface area contributed by atoms with Crippen molar-refractivity contribution in [2.24, 2.45) is 0 Å². The molecule has 0 aliphatic heterocycles. The quantitative estimate of drug-likeness (QED) is 0.766. The molecule has 1 aromatic heterocycles. The fourth-order valence-electron chi connectivity index (χ4n) is 2.23. The zero-order valence-corrected chi connectivity index (χ0v) is 13.6. The zero-order valence-electron chi connectivity index (χ0n) is 13.6. The van der Waals surface area contributed by atoms with Crippen LogP contribution in [0.5, 0.6) is 5.75 Å². The third-order valence-electron chi connectivity index (χ3n) is 3.42. The van der Waals surface area contributed by atoms with Crippen molar-refractivity contribution in [2.45, 2.75) is 6.92 Å². The Kier molecular flexibility index (Phi) is 4.99. The summed E-state index contributed by atoms with van der Waals surface area (Å²) in [5.74, 6) is 0.411. The van der Waals surface area contributed by atoms with Crippen molar-refractivity contribution < 1.29 is 13.9 Å². The molecule has 1 amide bonds. The van der Waals surface area contributed by atoms with Gasteiger partial charge >= 0.3 is 0 Å². The van der Waals surface area contributed by atoms with Gasteiger partial charge < -0.3 is 10.1 Å². The summed E-state index contributed by atoms with van der Waals surface area (Å²) in [6.07, 6.45) is 2.83. The first kappa shape index (κ1) is 16.6. The summed E-state index contributed by atoms with van der Waals surface area (Å²) in [5, 5.41) is 2.76. The standard InChI is InChI=1S/C19H16FN3O2/c1-2-25-17-8-6-16(7-9-17)23-19(24)14-11-21-18(22-12-14)13-4-3-5-15(20)10-13/h3-12H,2H2,1H3,(H,23,24). The summed E-state index contributed by atoms with van der Waals surface area (Å²) in [6, 6.07) is 13.1. The summed E-state index contributed by atoms with van der Waals surface area (Å²) in [6.45, 7) is 2.49. The number of carbonyl (C=O) groups excluding carboxylic acids is 1. The van der Waals surface area contributed by atoms with E-state index in [0.29, 0.717) is 29.2 Å². The number of amides is 1. The minimum Gasteiger partial charge on any atom is -0.494 e. The lowest BCUT2D eigenvalue weighted by Gasteiger charge is -2.07. The average Bonchev–Trinajstić information content (AvgIpc) is 2.64. The molecule has 126 valence electrons. The molecule has 1 N–H and O–H groups in total. The van der Waals surface area contributed by atoms with Crippen LogP contribution in [-0.2, 0) is 0 Å². The molecule has 0 unspecified atom stereocenters. The van der Waals surface area contributed by atoms with Gasteiger partial charge in [-0.05, 0) is 43.3 Å². The number of benzene rings is 2. The lowest BCUT2D eigenvalue weighted by atomic mass is 10.2. The average molecular weight is 337 g/mol. The number of anilines is 1. The molecule has 3 aromatic rings. The summed E-state index contributed by atoms with van der Waals surface area (Å²) in [4.78, 5) is 20.5. The number of halogens is 1. The second-order valence-corrected chi connectivity index (χ2v) is 5.22. The molecule has 0 saturated carbocycles. The molecule has 0 bridgehead atoms. The van der Waals surface area contributed by atoms with Gasteiger partial charge in [0.2, 0.25) is 0 Å². The maximum atomic E-state index is 13.3. The SMILES string of the molecule is CCOc1ccc(NC(=O)c2cnc(-c3cccc(F)c3)nc2)cc1. The van der Waals surface area contributed by atoms with Gasteiger partial charge in [0.25, 0.3) is 5.91 Å². The van der Waals surface area contributed by atoms with Crippen molar-refractivity contribution >= 4 is 11.6 Å². The summed E-state index contributed by atoms with van der Waals surface area (Å²) < 4.78 is 18.6. The molecule has 0 radical (unpaired) electrons. The summed E-state index contributed by atoms with van der Waals surface area (Å²) in [7, 11) is 0. The maximum Gasteiger partial charge on any atom is 0.258 e. The van der Waals surface area contributed by atoms with E-state index in [1.807, 2.05) is 6.92 Å². The second kappa shape index (κ2) is 7.53. The molecule has 1 heterocycles. The van der Waals surface area contributed by atoms with Gasteiger partial charge in [0.1, 0.15) is 11.6 Å². The summed E-state index contributed by atoms with van der Waals surface area (Å²) >= 11 is 0. The molecular weight excluding hydrogens is 321 g/mol. The first-order valence-corrected chi connectivity index (χ1v) is 7.78. The van der Waals surface area contributed by atoms with Crippen molar-refractivity contribution in [1.29, 1.82) is 0 Å². The van der Waals surface area contributed by atoms with Gasteiger partial charge in [0.05, 0.1) is 12.2 Å². The number of rotatable bonds is 5. The number of nitrogens with zero attached hydrogens (tertiary/aromatic N) is 2. The molecule has 0 spiro atoms. The van der Waals surface area contributed by atoms with Gasteiger partial charge in [-0.2, -0.15) is 0 Å². The second-order valence-electron chi connectivity index (χ2n) is 5.22. The Hall–Kier alpha value is -3.28. The van der Waals surface area contributed by atoms with Gasteiger partial charge in [-0.25, -0.2) is 14.4 Å². The number of ether oxygens (including phenoxy) is 1. The Labute approximate surface area is 144 Å². The first-order valence-electron chi connectivity index (χ1n) is 7.78. The lowest BCUT2D eigenvalue weighted by molar-refractivity contribution is 0.102. The van der Waals surface area contributed by atoms with Crippen molar-refractivity contribution in [3.63, 3.8) is 0 Å². The highest BCUT2D eigenvalue weighted by Crippen LogP contribution is 2.18. The maximum absolute atomic E-state index is 13.3. The molecule has 0 aliphatic carbocycles. The van der Waals surface area contributed by atoms with Gasteiger partial charge in [0.15, 0.2) is 5.82 Å². The smallest absolute Gasteiger partial charge is 0.258 e. The van der Waals surface area contributed by atoms with Crippen LogP contribution in [0.2, 0.25) is 0 Å². The molecule has 0 fully saturated rings. The van der Waals surface area contributed by atoms with Crippen LogP contribution >= 0.6 is 0 Å². The topological polar surface area (TPSA) is 64.1 Å². The van der Waals surface area contributed by atoms with Crippen LogP contribution in [0.25, 0.3) is 11.4 Å². The lowest BCUT2D eigenvalue weighted by Crippen LogP contribution is -2.12. The minimum absolute atomic E-state index is 0.314. The Morgan fingerprint density at radius 2 is 1.84 bits per heavy atom. The van der Waals surface area contributed by atoms with E-state index in [2.05, 4.69) is 15.3 Å². The Morgan fingerprint density at radius 1 is 1.12 bits per heavy atom. The van der Waals surface area contributed by atoms with Crippen LogP contribution in [-0.4, -0.2) is 22.5 Å². The zero-order chi connectivity index (χ0) is 17.6. The van der Waals surface area contributed by atoms with E-state index in [1.54, 1.807) is 36.4 Å². The Bertz CT molecular complexity index is 865.